The number of hydrogen-bond donors (Lipinski definition) is 0. The fourth-order valence-corrected chi connectivity index (χ4v) is 6.45. The molecule has 0 unspecified atom stereocenters. The summed E-state index contributed by atoms with van der Waals surface area (Å²) in [6.07, 6.45) is 3.56. The Morgan fingerprint density at radius 3 is 1.90 bits per heavy atom. The molecule has 0 saturated heterocycles. The van der Waals surface area contributed by atoms with Crippen LogP contribution in [-0.4, -0.2) is 19.9 Å². The molecule has 3 atom stereocenters. The molecule has 174 valence electrons. The zero-order valence-corrected chi connectivity index (χ0v) is 19.7. The lowest BCUT2D eigenvalue weighted by Gasteiger charge is -2.66. The minimum atomic E-state index is -2.35. The third kappa shape index (κ3) is 3.61. The number of hydrogen-bond acceptors (Lipinski definition) is 3. The summed E-state index contributed by atoms with van der Waals surface area (Å²) in [5.41, 5.74) is -1.20. The highest BCUT2D eigenvalue weighted by molar-refractivity contribution is 6.74. The standard InChI is InChI=1S/C22H29F5O3Si/c1-20(2,3)31(5,6)30-22-10-8-7-9-21(22,4)11-12(22)19(28)29-18-16(26)14(24)13(23)15(25)17(18)27/h12H,7-11H2,1-6H3/t12-,21+,22+/m1/s1. The van der Waals surface area contributed by atoms with Crippen LogP contribution in [0.4, 0.5) is 22.0 Å². The molecule has 2 aliphatic rings. The molecule has 31 heavy (non-hydrogen) atoms. The van der Waals surface area contributed by atoms with Gasteiger partial charge in [0.05, 0.1) is 11.5 Å². The van der Waals surface area contributed by atoms with E-state index in [-0.39, 0.29) is 10.5 Å². The summed E-state index contributed by atoms with van der Waals surface area (Å²) < 4.78 is 80.1. The molecule has 0 amide bonds. The Morgan fingerprint density at radius 1 is 0.935 bits per heavy atom. The number of ether oxygens (including phenoxy) is 1. The van der Waals surface area contributed by atoms with E-state index < -0.39 is 60.6 Å². The number of rotatable bonds is 4. The Bertz CT molecular complexity index is 884. The molecular weight excluding hydrogens is 435 g/mol. The third-order valence-corrected chi connectivity index (χ3v) is 12.2. The van der Waals surface area contributed by atoms with Gasteiger partial charge in [0, 0.05) is 0 Å². The molecule has 2 fully saturated rings. The van der Waals surface area contributed by atoms with Gasteiger partial charge in [-0.1, -0.05) is 40.5 Å². The average molecular weight is 465 g/mol. The lowest BCUT2D eigenvalue weighted by Crippen LogP contribution is -2.71. The van der Waals surface area contributed by atoms with Gasteiger partial charge in [0.15, 0.2) is 8.32 Å². The van der Waals surface area contributed by atoms with Crippen molar-refractivity contribution in [3.8, 4) is 5.75 Å². The molecule has 0 aliphatic heterocycles. The molecule has 2 aliphatic carbocycles. The summed E-state index contributed by atoms with van der Waals surface area (Å²) in [6, 6.07) is 0. The summed E-state index contributed by atoms with van der Waals surface area (Å²) in [5.74, 6) is -14.3. The zero-order chi connectivity index (χ0) is 23.6. The number of benzene rings is 1. The van der Waals surface area contributed by atoms with Gasteiger partial charge in [-0.05, 0) is 42.8 Å². The minimum absolute atomic E-state index is 0.147. The van der Waals surface area contributed by atoms with Crippen molar-refractivity contribution in [3.05, 3.63) is 29.1 Å². The highest BCUT2D eigenvalue weighted by Gasteiger charge is 2.69. The first-order valence-electron chi connectivity index (χ1n) is 10.5. The van der Waals surface area contributed by atoms with Crippen molar-refractivity contribution in [3.63, 3.8) is 0 Å². The quantitative estimate of drug-likeness (QED) is 0.125. The molecule has 0 N–H and O–H groups in total. The Hall–Kier alpha value is -1.48. The predicted octanol–water partition coefficient (Wildman–Crippen LogP) is 6.65. The Balaban J connectivity index is 1.97. The summed E-state index contributed by atoms with van der Waals surface area (Å²) >= 11 is 0. The van der Waals surface area contributed by atoms with Crippen molar-refractivity contribution in [2.24, 2.45) is 11.3 Å². The van der Waals surface area contributed by atoms with Crippen LogP contribution < -0.4 is 4.74 Å². The molecular formula is C22H29F5O3Si. The van der Waals surface area contributed by atoms with Crippen LogP contribution in [0.2, 0.25) is 18.1 Å². The van der Waals surface area contributed by atoms with E-state index in [2.05, 4.69) is 33.9 Å². The number of carbonyl (C=O) groups is 1. The van der Waals surface area contributed by atoms with Gasteiger partial charge in [0.25, 0.3) is 0 Å². The Morgan fingerprint density at radius 2 is 1.42 bits per heavy atom. The lowest BCUT2D eigenvalue weighted by molar-refractivity contribution is -0.225. The van der Waals surface area contributed by atoms with Gasteiger partial charge in [-0.15, -0.1) is 0 Å². The van der Waals surface area contributed by atoms with Crippen LogP contribution in [0.5, 0.6) is 5.75 Å². The van der Waals surface area contributed by atoms with E-state index in [9.17, 15) is 26.7 Å². The fraction of sp³-hybridized carbons (Fsp3) is 0.682. The van der Waals surface area contributed by atoms with E-state index in [1.165, 1.54) is 0 Å². The van der Waals surface area contributed by atoms with Crippen molar-refractivity contribution >= 4 is 14.3 Å². The molecule has 9 heteroatoms. The molecule has 0 heterocycles. The molecule has 1 aromatic rings. The van der Waals surface area contributed by atoms with Crippen molar-refractivity contribution in [1.29, 1.82) is 0 Å². The first-order valence-corrected chi connectivity index (χ1v) is 13.4. The zero-order valence-electron chi connectivity index (χ0n) is 18.7. The van der Waals surface area contributed by atoms with Crippen LogP contribution in [0.25, 0.3) is 0 Å². The predicted molar refractivity (Wildman–Crippen MR) is 108 cm³/mol. The monoisotopic (exact) mass is 464 g/mol. The maximum Gasteiger partial charge on any atom is 0.317 e. The van der Waals surface area contributed by atoms with Crippen LogP contribution in [0, 0.1) is 40.4 Å². The topological polar surface area (TPSA) is 35.5 Å². The van der Waals surface area contributed by atoms with E-state index in [0.717, 1.165) is 19.3 Å². The average Bonchev–Trinajstić information content (AvgIpc) is 2.66. The van der Waals surface area contributed by atoms with Gasteiger partial charge >= 0.3 is 5.97 Å². The fourth-order valence-electron chi connectivity index (χ4n) is 4.74. The van der Waals surface area contributed by atoms with Gasteiger partial charge in [-0.3, -0.25) is 4.79 Å². The number of fused-ring (bicyclic) bond motifs is 1. The Kier molecular flexibility index (Phi) is 5.88. The normalized spacial score (nSPS) is 28.7. The second kappa shape index (κ2) is 7.54. The van der Waals surface area contributed by atoms with Crippen molar-refractivity contribution in [2.45, 2.75) is 83.5 Å². The number of carbonyl (C=O) groups excluding carboxylic acids is 1. The smallest absolute Gasteiger partial charge is 0.317 e. The third-order valence-electron chi connectivity index (χ3n) is 7.67. The van der Waals surface area contributed by atoms with Crippen LogP contribution in [0.1, 0.15) is 59.8 Å². The van der Waals surface area contributed by atoms with E-state index in [0.29, 0.717) is 12.8 Å². The minimum Gasteiger partial charge on any atom is -0.420 e. The SMILES string of the molecule is CC(C)(C)[Si](C)(C)O[C@]12CCCC[C@@]1(C)C[C@@H]2C(=O)Oc1c(F)c(F)c(F)c(F)c1F. The van der Waals surface area contributed by atoms with E-state index in [4.69, 9.17) is 9.16 Å². The van der Waals surface area contributed by atoms with Gasteiger partial charge in [0.1, 0.15) is 0 Å². The second-order valence-corrected chi connectivity index (χ2v) is 15.3. The van der Waals surface area contributed by atoms with Gasteiger partial charge in [0.2, 0.25) is 34.8 Å². The first-order chi connectivity index (χ1) is 14.1. The van der Waals surface area contributed by atoms with Crippen molar-refractivity contribution in [2.75, 3.05) is 0 Å². The maximum atomic E-state index is 14.1. The van der Waals surface area contributed by atoms with Crippen LogP contribution in [-0.2, 0) is 9.22 Å². The maximum absolute atomic E-state index is 14.1. The molecule has 0 bridgehead atoms. The molecule has 2 saturated carbocycles. The summed E-state index contributed by atoms with van der Waals surface area (Å²) in [5, 5.41) is -0.147. The molecule has 0 aromatic heterocycles. The molecule has 0 spiro atoms. The molecule has 1 aromatic carbocycles. The summed E-state index contributed by atoms with van der Waals surface area (Å²) in [7, 11) is -2.35. The van der Waals surface area contributed by atoms with Crippen molar-refractivity contribution in [1.82, 2.24) is 0 Å². The first kappa shape index (κ1) is 24.2. The highest BCUT2D eigenvalue weighted by atomic mass is 28.4. The van der Waals surface area contributed by atoms with E-state index in [1.807, 2.05) is 6.92 Å². The summed E-state index contributed by atoms with van der Waals surface area (Å²) in [6.45, 7) is 12.3. The highest BCUT2D eigenvalue weighted by Crippen LogP contribution is 2.65. The van der Waals surface area contributed by atoms with Crippen LogP contribution >= 0.6 is 0 Å². The lowest BCUT2D eigenvalue weighted by atomic mass is 9.46. The number of esters is 1. The Labute approximate surface area is 180 Å². The molecule has 3 rings (SSSR count). The number of halogens is 5. The van der Waals surface area contributed by atoms with Gasteiger partial charge in [-0.25, -0.2) is 13.2 Å². The molecule has 0 radical (unpaired) electrons. The van der Waals surface area contributed by atoms with Crippen molar-refractivity contribution < 1.29 is 35.9 Å². The van der Waals surface area contributed by atoms with E-state index in [1.54, 1.807) is 0 Å². The van der Waals surface area contributed by atoms with Gasteiger partial charge < -0.3 is 9.16 Å². The van der Waals surface area contributed by atoms with Crippen LogP contribution in [0.15, 0.2) is 0 Å². The van der Waals surface area contributed by atoms with E-state index >= 15 is 0 Å². The van der Waals surface area contributed by atoms with Gasteiger partial charge in [-0.2, -0.15) is 8.78 Å². The summed E-state index contributed by atoms with van der Waals surface area (Å²) in [4.78, 5) is 13.0. The largest absolute Gasteiger partial charge is 0.420 e. The second-order valence-electron chi connectivity index (χ2n) is 10.6. The van der Waals surface area contributed by atoms with Crippen LogP contribution in [0.3, 0.4) is 0 Å². The molecule has 3 nitrogen and oxygen atoms in total.